The van der Waals surface area contributed by atoms with E-state index in [9.17, 15) is 19.2 Å². The molecule has 8 heterocycles. The number of anilines is 3. The topological polar surface area (TPSA) is 137 Å². The molecule has 0 saturated carbocycles. The van der Waals surface area contributed by atoms with Crippen LogP contribution in [0, 0.1) is 5.41 Å². The van der Waals surface area contributed by atoms with E-state index in [2.05, 4.69) is 67.0 Å². The Labute approximate surface area is 303 Å². The van der Waals surface area contributed by atoms with Gasteiger partial charge < -0.3 is 20.4 Å². The number of aromatic nitrogens is 3. The van der Waals surface area contributed by atoms with Gasteiger partial charge in [-0.1, -0.05) is 0 Å². The van der Waals surface area contributed by atoms with Crippen LogP contribution in [0.25, 0.3) is 32.0 Å². The van der Waals surface area contributed by atoms with E-state index in [0.717, 1.165) is 106 Å². The number of pyridine rings is 1. The van der Waals surface area contributed by atoms with E-state index in [1.54, 1.807) is 27.5 Å². The summed E-state index contributed by atoms with van der Waals surface area (Å²) in [5.74, 6) is 0.305. The maximum absolute atomic E-state index is 13.2. The van der Waals surface area contributed by atoms with Gasteiger partial charge in [-0.3, -0.25) is 33.7 Å². The third-order valence-corrected chi connectivity index (χ3v) is 13.2. The van der Waals surface area contributed by atoms with E-state index in [1.807, 2.05) is 13.0 Å². The molecule has 4 fully saturated rings. The number of aryl methyl sites for hydroxylation is 1. The zero-order chi connectivity index (χ0) is 35.5. The molecule has 3 amide bonds. The highest BCUT2D eigenvalue weighted by atomic mass is 32.1. The molecule has 1 spiro atoms. The second kappa shape index (κ2) is 11.5. The SMILES string of the molecule is C[C@@H]1CNc2c(sc3ccc4nc(N5CCC(N6CC7(CN(c8ccc9c(c8)n(C)c(=O)n9C8CCC(=O)NC8=O)C7)C6)CC5)ccc4c23)C(=O)N1. The number of thiophene rings is 1. The molecule has 2 atom stereocenters. The molecule has 5 aromatic rings. The highest BCUT2D eigenvalue weighted by Crippen LogP contribution is 2.45. The number of amides is 3. The van der Waals surface area contributed by atoms with Crippen LogP contribution in [0.15, 0.2) is 47.3 Å². The lowest BCUT2D eigenvalue weighted by molar-refractivity contribution is -0.135. The monoisotopic (exact) mass is 719 g/mol. The van der Waals surface area contributed by atoms with Crippen LogP contribution in [0.4, 0.5) is 17.2 Å². The first-order chi connectivity index (χ1) is 25.1. The molecule has 3 aromatic heterocycles. The van der Waals surface area contributed by atoms with Crippen LogP contribution in [-0.4, -0.2) is 94.6 Å². The predicted octanol–water partition coefficient (Wildman–Crippen LogP) is 3.42. The zero-order valence-corrected chi connectivity index (χ0v) is 30.1. The Morgan fingerprint density at radius 3 is 2.50 bits per heavy atom. The number of carbonyl (C=O) groups is 3. The Morgan fingerprint density at radius 2 is 1.71 bits per heavy atom. The second-order valence-corrected chi connectivity index (χ2v) is 16.6. The minimum Gasteiger partial charge on any atom is -0.381 e. The predicted molar refractivity (Wildman–Crippen MR) is 203 cm³/mol. The Hall–Kier alpha value is -4.95. The van der Waals surface area contributed by atoms with Gasteiger partial charge in [-0.2, -0.15) is 0 Å². The third kappa shape index (κ3) is 4.86. The molecule has 4 saturated heterocycles. The average molecular weight is 720 g/mol. The van der Waals surface area contributed by atoms with Crippen molar-refractivity contribution in [2.45, 2.75) is 50.7 Å². The molecule has 0 aliphatic carbocycles. The number of hydrogen-bond donors (Lipinski definition) is 3. The number of benzene rings is 2. The minimum atomic E-state index is -0.676. The number of imidazole rings is 1. The molecule has 14 heteroatoms. The lowest BCUT2D eigenvalue weighted by Gasteiger charge is -2.63. The van der Waals surface area contributed by atoms with E-state index < -0.39 is 11.9 Å². The summed E-state index contributed by atoms with van der Waals surface area (Å²) in [5, 5.41) is 11.2. The van der Waals surface area contributed by atoms with E-state index in [4.69, 9.17) is 4.98 Å². The van der Waals surface area contributed by atoms with Crippen molar-refractivity contribution in [1.82, 2.24) is 29.7 Å². The Kier molecular flexibility index (Phi) is 7.04. The fourth-order valence-corrected chi connectivity index (χ4v) is 10.4. The smallest absolute Gasteiger partial charge is 0.329 e. The van der Waals surface area contributed by atoms with Gasteiger partial charge in [0.25, 0.3) is 5.91 Å². The molecule has 3 N–H and O–H groups in total. The molecule has 10 rings (SSSR count). The summed E-state index contributed by atoms with van der Waals surface area (Å²) in [6.07, 6.45) is 2.79. The number of nitrogens with one attached hydrogen (secondary N) is 3. The number of piperidine rings is 2. The van der Waals surface area contributed by atoms with Gasteiger partial charge in [0.1, 0.15) is 16.7 Å². The number of likely N-dealkylation sites (tertiary alicyclic amines) is 1. The maximum atomic E-state index is 13.2. The highest BCUT2D eigenvalue weighted by molar-refractivity contribution is 7.21. The minimum absolute atomic E-state index is 0.00972. The van der Waals surface area contributed by atoms with Gasteiger partial charge in [-0.05, 0) is 68.7 Å². The normalized spacial score (nSPS) is 23.7. The first kappa shape index (κ1) is 31.8. The first-order valence-electron chi connectivity index (χ1n) is 18.3. The third-order valence-electron chi connectivity index (χ3n) is 12.1. The zero-order valence-electron chi connectivity index (χ0n) is 29.3. The Morgan fingerprint density at radius 1 is 0.904 bits per heavy atom. The van der Waals surface area contributed by atoms with Crippen LogP contribution in [0.1, 0.15) is 48.3 Å². The van der Waals surface area contributed by atoms with E-state index >= 15 is 0 Å². The van der Waals surface area contributed by atoms with E-state index in [0.29, 0.717) is 24.4 Å². The second-order valence-electron chi connectivity index (χ2n) is 15.6. The van der Waals surface area contributed by atoms with Crippen molar-refractivity contribution in [2.24, 2.45) is 12.5 Å². The molecule has 0 radical (unpaired) electrons. The van der Waals surface area contributed by atoms with Crippen LogP contribution >= 0.6 is 11.3 Å². The van der Waals surface area contributed by atoms with Gasteiger partial charge in [0.15, 0.2) is 0 Å². The molecule has 5 aliphatic heterocycles. The standard InChI is InChI=1S/C38H41N9O4S/c1-21-16-39-33-32-24-4-9-30(41-25(24)5-8-29(32)52-34(33)36(50)40-21)44-13-11-22(12-14-44)45-17-38(18-45)19-46(20-38)23-3-6-26-28(15-23)43(2)37(51)47(26)27-7-10-31(48)42-35(27)49/h3-6,8-9,15,21-22,27,39H,7,10-14,16-20H2,1-2H3,(H,40,50)(H,42,48,49)/t21-,27?/m1/s1. The highest BCUT2D eigenvalue weighted by Gasteiger charge is 2.53. The van der Waals surface area contributed by atoms with Crippen molar-refractivity contribution >= 4 is 78.3 Å². The molecular formula is C38H41N9O4S. The Balaban J connectivity index is 0.773. The lowest BCUT2D eigenvalue weighted by atomic mass is 9.71. The molecule has 13 nitrogen and oxygen atoms in total. The average Bonchev–Trinajstić information content (AvgIpc) is 3.55. The van der Waals surface area contributed by atoms with Crippen molar-refractivity contribution in [3.05, 3.63) is 57.8 Å². The summed E-state index contributed by atoms with van der Waals surface area (Å²) in [6.45, 7) is 8.89. The van der Waals surface area contributed by atoms with Crippen LogP contribution < -0.4 is 31.4 Å². The summed E-state index contributed by atoms with van der Waals surface area (Å²) >= 11 is 1.54. The summed E-state index contributed by atoms with van der Waals surface area (Å²) < 4.78 is 4.25. The summed E-state index contributed by atoms with van der Waals surface area (Å²) in [6, 6.07) is 14.5. The number of imide groups is 1. The number of rotatable bonds is 4. The molecule has 1 unspecified atom stereocenters. The van der Waals surface area contributed by atoms with E-state index in [1.165, 1.54) is 0 Å². The summed E-state index contributed by atoms with van der Waals surface area (Å²) in [4.78, 5) is 63.6. The Bertz CT molecular complexity index is 2390. The summed E-state index contributed by atoms with van der Waals surface area (Å²) in [7, 11) is 1.74. The first-order valence-corrected chi connectivity index (χ1v) is 19.2. The summed E-state index contributed by atoms with van der Waals surface area (Å²) in [5.41, 5.74) is 4.57. The number of carbonyl (C=O) groups excluding carboxylic acids is 3. The van der Waals surface area contributed by atoms with Crippen LogP contribution in [0.3, 0.4) is 0 Å². The lowest BCUT2D eigenvalue weighted by Crippen LogP contribution is -2.74. The van der Waals surface area contributed by atoms with Crippen LogP contribution in [-0.2, 0) is 16.6 Å². The molecule has 2 aromatic carbocycles. The van der Waals surface area contributed by atoms with Crippen LogP contribution in [0.2, 0.25) is 0 Å². The maximum Gasteiger partial charge on any atom is 0.329 e. The molecule has 0 bridgehead atoms. The quantitative estimate of drug-likeness (QED) is 0.239. The number of hydrogen-bond acceptors (Lipinski definition) is 10. The fourth-order valence-electron chi connectivity index (χ4n) is 9.35. The van der Waals surface area contributed by atoms with Gasteiger partial charge in [-0.15, -0.1) is 11.3 Å². The largest absolute Gasteiger partial charge is 0.381 e. The number of fused-ring (bicyclic) bond motifs is 6. The van der Waals surface area contributed by atoms with Gasteiger partial charge in [-0.25, -0.2) is 9.78 Å². The fraction of sp³-hybridized carbons (Fsp3) is 0.447. The molecule has 5 aliphatic rings. The van der Waals surface area contributed by atoms with Gasteiger partial charge in [0.2, 0.25) is 11.8 Å². The number of nitrogens with zero attached hydrogens (tertiary/aromatic N) is 6. The van der Waals surface area contributed by atoms with Gasteiger partial charge in [0, 0.05) is 97.9 Å². The van der Waals surface area contributed by atoms with Crippen molar-refractivity contribution in [2.75, 3.05) is 60.9 Å². The molecular weight excluding hydrogens is 679 g/mol. The van der Waals surface area contributed by atoms with Crippen molar-refractivity contribution in [3.8, 4) is 0 Å². The van der Waals surface area contributed by atoms with E-state index in [-0.39, 0.29) is 30.0 Å². The molecule has 268 valence electrons. The molecule has 52 heavy (non-hydrogen) atoms. The van der Waals surface area contributed by atoms with Crippen molar-refractivity contribution in [1.29, 1.82) is 0 Å². The van der Waals surface area contributed by atoms with Gasteiger partial charge >= 0.3 is 5.69 Å². The van der Waals surface area contributed by atoms with Crippen LogP contribution in [0.5, 0.6) is 0 Å². The van der Waals surface area contributed by atoms with Crippen molar-refractivity contribution < 1.29 is 14.4 Å². The van der Waals surface area contributed by atoms with Crippen molar-refractivity contribution in [3.63, 3.8) is 0 Å². The van der Waals surface area contributed by atoms with Gasteiger partial charge in [0.05, 0.1) is 22.2 Å².